The summed E-state index contributed by atoms with van der Waals surface area (Å²) in [4.78, 5) is 20.4. The number of imidazole rings is 1. The van der Waals surface area contributed by atoms with Gasteiger partial charge in [-0.25, -0.2) is 4.98 Å². The van der Waals surface area contributed by atoms with E-state index >= 15 is 0 Å². The smallest absolute Gasteiger partial charge is 0.228 e. The Balaban J connectivity index is 2.01. The fourth-order valence-corrected chi connectivity index (χ4v) is 3.09. The molecule has 104 valence electrons. The summed E-state index contributed by atoms with van der Waals surface area (Å²) in [5.41, 5.74) is 6.07. The first kappa shape index (κ1) is 12.1. The number of aromatic nitrogens is 3. The largest absolute Gasteiger partial charge is 0.327 e. The summed E-state index contributed by atoms with van der Waals surface area (Å²) in [5.74, 6) is 0.961. The highest BCUT2D eigenvalue weighted by atomic mass is 16.1. The first-order valence-corrected chi connectivity index (χ1v) is 6.84. The molecule has 0 saturated carbocycles. The van der Waals surface area contributed by atoms with Gasteiger partial charge in [0.05, 0.1) is 17.5 Å². The molecule has 0 spiro atoms. The van der Waals surface area contributed by atoms with Gasteiger partial charge in [0, 0.05) is 30.7 Å². The molecule has 1 aromatic carbocycles. The maximum Gasteiger partial charge on any atom is 0.228 e. The first-order valence-electron chi connectivity index (χ1n) is 6.84. The van der Waals surface area contributed by atoms with Gasteiger partial charge in [0.2, 0.25) is 5.91 Å². The fourth-order valence-electron chi connectivity index (χ4n) is 3.09. The average Bonchev–Trinajstić information content (AvgIpc) is 3.01. The minimum Gasteiger partial charge on any atom is -0.327 e. The van der Waals surface area contributed by atoms with Crippen molar-refractivity contribution < 1.29 is 4.79 Å². The third-order valence-corrected chi connectivity index (χ3v) is 4.04. The Bertz CT molecular complexity index is 880. The molecule has 0 aliphatic carbocycles. The Morgan fingerprint density at radius 3 is 2.81 bits per heavy atom. The molecule has 0 radical (unpaired) electrons. The number of hydrogen-bond donors (Lipinski definition) is 1. The van der Waals surface area contributed by atoms with Gasteiger partial charge in [-0.2, -0.15) is 0 Å². The van der Waals surface area contributed by atoms with Gasteiger partial charge >= 0.3 is 0 Å². The van der Waals surface area contributed by atoms with Gasteiger partial charge in [-0.05, 0) is 36.2 Å². The van der Waals surface area contributed by atoms with Crippen LogP contribution in [0.4, 0.5) is 5.69 Å². The number of aryl methyl sites for hydroxylation is 2. The van der Waals surface area contributed by atoms with Crippen LogP contribution in [0.5, 0.6) is 0 Å². The topological polar surface area (TPSA) is 59.8 Å². The van der Waals surface area contributed by atoms with E-state index in [0.29, 0.717) is 6.42 Å². The van der Waals surface area contributed by atoms with Crippen LogP contribution in [0, 0.1) is 6.92 Å². The van der Waals surface area contributed by atoms with Crippen molar-refractivity contribution in [2.75, 3.05) is 5.32 Å². The maximum atomic E-state index is 11.6. The molecular weight excluding hydrogens is 264 g/mol. The number of fused-ring (bicyclic) bond motifs is 2. The number of nitrogens with zero attached hydrogens (tertiary/aromatic N) is 3. The lowest BCUT2D eigenvalue weighted by molar-refractivity contribution is -0.115. The molecule has 2 aromatic heterocycles. The molecule has 0 fully saturated rings. The summed E-state index contributed by atoms with van der Waals surface area (Å²) in [7, 11) is 2.00. The second kappa shape index (κ2) is 4.15. The minimum absolute atomic E-state index is 0.0535. The number of rotatable bonds is 1. The second-order valence-electron chi connectivity index (χ2n) is 5.36. The van der Waals surface area contributed by atoms with E-state index in [9.17, 15) is 4.79 Å². The molecule has 1 amide bonds. The van der Waals surface area contributed by atoms with Gasteiger partial charge in [0.1, 0.15) is 5.82 Å². The quantitative estimate of drug-likeness (QED) is 0.743. The van der Waals surface area contributed by atoms with E-state index in [1.165, 1.54) is 0 Å². The zero-order valence-electron chi connectivity index (χ0n) is 11.8. The fraction of sp³-hybridized carbons (Fsp3) is 0.188. The highest BCUT2D eigenvalue weighted by Gasteiger charge is 2.23. The molecule has 1 aliphatic heterocycles. The Hall–Kier alpha value is -2.69. The predicted octanol–water partition coefficient (Wildman–Crippen LogP) is 2.44. The van der Waals surface area contributed by atoms with Gasteiger partial charge in [-0.3, -0.25) is 9.78 Å². The Labute approximate surface area is 121 Å². The van der Waals surface area contributed by atoms with Crippen LogP contribution in [0.15, 0.2) is 30.6 Å². The van der Waals surface area contributed by atoms with E-state index < -0.39 is 0 Å². The van der Waals surface area contributed by atoms with Crippen molar-refractivity contribution >= 4 is 22.6 Å². The molecule has 0 saturated heterocycles. The van der Waals surface area contributed by atoms with Gasteiger partial charge in [0.25, 0.3) is 0 Å². The van der Waals surface area contributed by atoms with Crippen molar-refractivity contribution in [2.45, 2.75) is 13.3 Å². The zero-order valence-corrected chi connectivity index (χ0v) is 11.8. The van der Waals surface area contributed by atoms with Crippen molar-refractivity contribution in [3.05, 3.63) is 41.7 Å². The van der Waals surface area contributed by atoms with Crippen LogP contribution in [0.2, 0.25) is 0 Å². The average molecular weight is 278 g/mol. The molecule has 5 heteroatoms. The number of anilines is 1. The molecule has 0 unspecified atom stereocenters. The summed E-state index contributed by atoms with van der Waals surface area (Å²) in [6.07, 6.45) is 3.97. The number of benzene rings is 1. The molecule has 4 rings (SSSR count). The van der Waals surface area contributed by atoms with Crippen LogP contribution in [-0.2, 0) is 18.3 Å². The van der Waals surface area contributed by atoms with Gasteiger partial charge in [0.15, 0.2) is 0 Å². The molecule has 0 atom stereocenters. The van der Waals surface area contributed by atoms with Crippen molar-refractivity contribution in [1.82, 2.24) is 14.5 Å². The third-order valence-electron chi connectivity index (χ3n) is 4.04. The minimum atomic E-state index is 0.0535. The van der Waals surface area contributed by atoms with Crippen molar-refractivity contribution in [3.63, 3.8) is 0 Å². The molecule has 5 nitrogen and oxygen atoms in total. The highest BCUT2D eigenvalue weighted by Crippen LogP contribution is 2.35. The zero-order chi connectivity index (χ0) is 14.6. The summed E-state index contributed by atoms with van der Waals surface area (Å²) >= 11 is 0. The molecule has 0 bridgehead atoms. The summed E-state index contributed by atoms with van der Waals surface area (Å²) in [6, 6.07) is 5.91. The SMILES string of the molecule is Cc1c2c(cc3nc(-c4ccncc4)n(C)c13)CC(=O)N2. The van der Waals surface area contributed by atoms with Gasteiger partial charge < -0.3 is 9.88 Å². The van der Waals surface area contributed by atoms with Crippen molar-refractivity contribution in [3.8, 4) is 11.4 Å². The molecule has 3 heterocycles. The van der Waals surface area contributed by atoms with E-state index in [2.05, 4.69) is 14.9 Å². The molecule has 1 N–H and O–H groups in total. The normalized spacial score (nSPS) is 13.5. The lowest BCUT2D eigenvalue weighted by atomic mass is 10.1. The molecule has 1 aliphatic rings. The van der Waals surface area contributed by atoms with Crippen molar-refractivity contribution in [1.29, 1.82) is 0 Å². The summed E-state index contributed by atoms with van der Waals surface area (Å²) in [5, 5.41) is 2.94. The predicted molar refractivity (Wildman–Crippen MR) is 81.0 cm³/mol. The second-order valence-corrected chi connectivity index (χ2v) is 5.36. The Kier molecular flexibility index (Phi) is 2.39. The lowest BCUT2D eigenvalue weighted by Gasteiger charge is -2.07. The number of amides is 1. The standard InChI is InChI=1S/C16H14N4O/c1-9-14-11(8-13(21)19-14)7-12-15(9)20(2)16(18-12)10-3-5-17-6-4-10/h3-7H,8H2,1-2H3,(H,19,21). The van der Waals surface area contributed by atoms with E-state index in [0.717, 1.165) is 39.2 Å². The number of carbonyl (C=O) groups is 1. The Morgan fingerprint density at radius 2 is 2.05 bits per heavy atom. The van der Waals surface area contributed by atoms with E-state index in [1.807, 2.05) is 32.2 Å². The summed E-state index contributed by atoms with van der Waals surface area (Å²) in [6.45, 7) is 2.03. The molecule has 21 heavy (non-hydrogen) atoms. The molecule has 3 aromatic rings. The lowest BCUT2D eigenvalue weighted by Crippen LogP contribution is -2.04. The number of carbonyl (C=O) groups excluding carboxylic acids is 1. The monoisotopic (exact) mass is 278 g/mol. The van der Waals surface area contributed by atoms with Gasteiger partial charge in [-0.15, -0.1) is 0 Å². The highest BCUT2D eigenvalue weighted by molar-refractivity contribution is 6.04. The van der Waals surface area contributed by atoms with E-state index in [-0.39, 0.29) is 5.91 Å². The number of hydrogen-bond acceptors (Lipinski definition) is 3. The Morgan fingerprint density at radius 1 is 1.29 bits per heavy atom. The van der Waals surface area contributed by atoms with Crippen LogP contribution in [-0.4, -0.2) is 20.4 Å². The maximum absolute atomic E-state index is 11.6. The third kappa shape index (κ3) is 1.67. The number of pyridine rings is 1. The van der Waals surface area contributed by atoms with Crippen LogP contribution in [0.1, 0.15) is 11.1 Å². The van der Waals surface area contributed by atoms with Crippen LogP contribution in [0.3, 0.4) is 0 Å². The van der Waals surface area contributed by atoms with Crippen LogP contribution >= 0.6 is 0 Å². The van der Waals surface area contributed by atoms with E-state index in [1.54, 1.807) is 12.4 Å². The molecular formula is C16H14N4O. The van der Waals surface area contributed by atoms with Gasteiger partial charge in [-0.1, -0.05) is 0 Å². The van der Waals surface area contributed by atoms with E-state index in [4.69, 9.17) is 4.98 Å². The van der Waals surface area contributed by atoms with Crippen molar-refractivity contribution in [2.24, 2.45) is 7.05 Å². The van der Waals surface area contributed by atoms with Crippen LogP contribution in [0.25, 0.3) is 22.4 Å². The first-order chi connectivity index (χ1) is 10.1. The summed E-state index contributed by atoms with van der Waals surface area (Å²) < 4.78 is 2.07. The number of nitrogens with one attached hydrogen (secondary N) is 1. The van der Waals surface area contributed by atoms with Crippen LogP contribution < -0.4 is 5.32 Å².